The monoisotopic (exact) mass is 190 g/mol. The van der Waals surface area contributed by atoms with Gasteiger partial charge < -0.3 is 5.73 Å². The lowest BCUT2D eigenvalue weighted by molar-refractivity contribution is 0.461. The zero-order valence-corrected chi connectivity index (χ0v) is 8.73. The first kappa shape index (κ1) is 11.8. The molecule has 0 bridgehead atoms. The summed E-state index contributed by atoms with van der Waals surface area (Å²) in [6, 6.07) is 0.523. The van der Waals surface area contributed by atoms with E-state index < -0.39 is 0 Å². The van der Waals surface area contributed by atoms with Crippen molar-refractivity contribution < 1.29 is 0 Å². The summed E-state index contributed by atoms with van der Waals surface area (Å²) in [7, 11) is 0. The van der Waals surface area contributed by atoms with Crippen molar-refractivity contribution in [3.8, 4) is 0 Å². The van der Waals surface area contributed by atoms with E-state index in [1.54, 1.807) is 0 Å². The van der Waals surface area contributed by atoms with E-state index in [2.05, 4.69) is 18.8 Å². The maximum Gasteiger partial charge on any atom is 0.0944 e. The molecule has 0 saturated heterocycles. The molecule has 2 nitrogen and oxygen atoms in total. The largest absolute Gasteiger partial charge is 0.387 e. The second kappa shape index (κ2) is 5.41. The number of amidine groups is 1. The molecular weight excluding hydrogens is 172 g/mol. The van der Waals surface area contributed by atoms with Gasteiger partial charge >= 0.3 is 0 Å². The molecular formula is C9H19ClN2. The molecule has 1 aliphatic rings. The molecule has 3 heteroatoms. The molecule has 12 heavy (non-hydrogen) atoms. The van der Waals surface area contributed by atoms with Crippen LogP contribution in [-0.2, 0) is 0 Å². The summed E-state index contributed by atoms with van der Waals surface area (Å²) in [6.07, 6.45) is 4.77. The molecule has 2 N–H and O–H groups in total. The van der Waals surface area contributed by atoms with Gasteiger partial charge in [-0.2, -0.15) is 0 Å². The molecule has 0 aromatic rings. The molecule has 0 radical (unpaired) electrons. The predicted molar refractivity (Wildman–Crippen MR) is 56.0 cm³/mol. The lowest BCUT2D eigenvalue weighted by Gasteiger charge is -2.11. The van der Waals surface area contributed by atoms with E-state index in [4.69, 9.17) is 5.73 Å². The minimum Gasteiger partial charge on any atom is -0.387 e. The van der Waals surface area contributed by atoms with E-state index in [0.29, 0.717) is 12.0 Å². The second-order valence-electron chi connectivity index (χ2n) is 3.51. The Morgan fingerprint density at radius 2 is 2.25 bits per heavy atom. The maximum absolute atomic E-state index is 5.64. The third-order valence-corrected chi connectivity index (χ3v) is 2.37. The lowest BCUT2D eigenvalue weighted by Crippen LogP contribution is -2.10. The first-order valence-corrected chi connectivity index (χ1v) is 4.56. The Hall–Kier alpha value is -0.240. The number of nitrogens with two attached hydrogens (primary N) is 1. The highest BCUT2D eigenvalue weighted by molar-refractivity contribution is 5.85. The predicted octanol–water partition coefficient (Wildman–Crippen LogP) is 2.36. The Morgan fingerprint density at radius 3 is 2.67 bits per heavy atom. The quantitative estimate of drug-likeness (QED) is 0.729. The molecule has 1 rings (SSSR count). The molecule has 0 aliphatic carbocycles. The summed E-state index contributed by atoms with van der Waals surface area (Å²) in [5.41, 5.74) is 5.64. The van der Waals surface area contributed by atoms with Gasteiger partial charge in [0.2, 0.25) is 0 Å². The zero-order valence-electron chi connectivity index (χ0n) is 7.92. The molecule has 0 saturated carbocycles. The van der Waals surface area contributed by atoms with Crippen molar-refractivity contribution in [1.29, 1.82) is 0 Å². The smallest absolute Gasteiger partial charge is 0.0944 e. The topological polar surface area (TPSA) is 38.4 Å². The van der Waals surface area contributed by atoms with Crippen molar-refractivity contribution in [3.63, 3.8) is 0 Å². The number of hydrogen-bond donors (Lipinski definition) is 1. The van der Waals surface area contributed by atoms with Gasteiger partial charge in [0, 0.05) is 6.42 Å². The van der Waals surface area contributed by atoms with Crippen LogP contribution in [0.25, 0.3) is 0 Å². The summed E-state index contributed by atoms with van der Waals surface area (Å²) >= 11 is 0. The maximum atomic E-state index is 5.64. The van der Waals surface area contributed by atoms with Gasteiger partial charge in [-0.3, -0.25) is 4.99 Å². The molecule has 0 fully saturated rings. The number of hydrogen-bond acceptors (Lipinski definition) is 2. The van der Waals surface area contributed by atoms with Gasteiger partial charge in [-0.1, -0.05) is 26.7 Å². The van der Waals surface area contributed by atoms with Crippen LogP contribution < -0.4 is 5.73 Å². The number of nitrogens with zero attached hydrogens (tertiary/aromatic N) is 1. The molecule has 1 aliphatic heterocycles. The van der Waals surface area contributed by atoms with Crippen LogP contribution in [-0.4, -0.2) is 11.9 Å². The Morgan fingerprint density at radius 1 is 1.58 bits per heavy atom. The van der Waals surface area contributed by atoms with E-state index in [0.717, 1.165) is 12.3 Å². The van der Waals surface area contributed by atoms with Crippen molar-refractivity contribution in [3.05, 3.63) is 0 Å². The molecule has 2 atom stereocenters. The van der Waals surface area contributed by atoms with E-state index in [9.17, 15) is 0 Å². The fourth-order valence-corrected chi connectivity index (χ4v) is 1.62. The van der Waals surface area contributed by atoms with Crippen LogP contribution in [0.5, 0.6) is 0 Å². The summed E-state index contributed by atoms with van der Waals surface area (Å²) in [5, 5.41) is 0. The summed E-state index contributed by atoms with van der Waals surface area (Å²) in [5.74, 6) is 1.54. The Kier molecular flexibility index (Phi) is 5.31. The van der Waals surface area contributed by atoms with Gasteiger partial charge in [0.15, 0.2) is 0 Å². The molecule has 2 unspecified atom stereocenters. The van der Waals surface area contributed by atoms with E-state index in [1.807, 2.05) is 0 Å². The minimum atomic E-state index is 0. The van der Waals surface area contributed by atoms with Crippen LogP contribution in [0.4, 0.5) is 0 Å². The molecule has 0 aromatic carbocycles. The summed E-state index contributed by atoms with van der Waals surface area (Å²) < 4.78 is 0. The summed E-state index contributed by atoms with van der Waals surface area (Å²) in [6.45, 7) is 4.45. The average molecular weight is 191 g/mol. The lowest BCUT2D eigenvalue weighted by atomic mass is 9.97. The zero-order chi connectivity index (χ0) is 8.27. The third-order valence-electron chi connectivity index (χ3n) is 2.37. The number of aliphatic imine (C=N–C) groups is 1. The van der Waals surface area contributed by atoms with Gasteiger partial charge in [0.05, 0.1) is 11.9 Å². The highest BCUT2D eigenvalue weighted by atomic mass is 35.5. The molecule has 0 amide bonds. The van der Waals surface area contributed by atoms with Gasteiger partial charge in [-0.25, -0.2) is 0 Å². The van der Waals surface area contributed by atoms with Gasteiger partial charge in [0.1, 0.15) is 0 Å². The van der Waals surface area contributed by atoms with Crippen LogP contribution in [0.1, 0.15) is 39.5 Å². The van der Waals surface area contributed by atoms with E-state index >= 15 is 0 Å². The Labute approximate surface area is 81.0 Å². The first-order chi connectivity index (χ1) is 5.24. The number of halogens is 1. The Balaban J connectivity index is 0.00000121. The highest BCUT2D eigenvalue weighted by Gasteiger charge is 2.22. The normalized spacial score (nSPS) is 28.0. The number of unbranched alkanes of at least 4 members (excludes halogenated alkanes) is 1. The molecule has 72 valence electrons. The van der Waals surface area contributed by atoms with E-state index in [1.165, 1.54) is 19.3 Å². The van der Waals surface area contributed by atoms with Crippen molar-refractivity contribution in [2.24, 2.45) is 16.6 Å². The van der Waals surface area contributed by atoms with Crippen molar-refractivity contribution in [2.45, 2.75) is 45.6 Å². The minimum absolute atomic E-state index is 0. The highest BCUT2D eigenvalue weighted by Crippen LogP contribution is 2.23. The standard InChI is InChI=1S/C9H18N2.ClH/c1-3-4-5-8-7(2)6-9(10)11-8;/h7-8H,3-6H2,1-2H3,(H2,10,11);1H. The molecule has 0 spiro atoms. The Bertz CT molecular complexity index is 157. The van der Waals surface area contributed by atoms with Crippen LogP contribution in [0.3, 0.4) is 0 Å². The van der Waals surface area contributed by atoms with Gasteiger partial charge in [0.25, 0.3) is 0 Å². The first-order valence-electron chi connectivity index (χ1n) is 4.56. The van der Waals surface area contributed by atoms with Crippen molar-refractivity contribution >= 4 is 18.2 Å². The average Bonchev–Trinajstić information content (AvgIpc) is 2.26. The number of rotatable bonds is 3. The van der Waals surface area contributed by atoms with Crippen LogP contribution in [0.2, 0.25) is 0 Å². The summed E-state index contributed by atoms with van der Waals surface area (Å²) in [4.78, 5) is 4.40. The third kappa shape index (κ3) is 3.02. The van der Waals surface area contributed by atoms with Crippen molar-refractivity contribution in [2.75, 3.05) is 0 Å². The van der Waals surface area contributed by atoms with Gasteiger partial charge in [-0.15, -0.1) is 12.4 Å². The molecule has 0 aromatic heterocycles. The van der Waals surface area contributed by atoms with Crippen LogP contribution >= 0.6 is 12.4 Å². The fraction of sp³-hybridized carbons (Fsp3) is 0.889. The van der Waals surface area contributed by atoms with Crippen LogP contribution in [0.15, 0.2) is 4.99 Å². The molecule has 1 heterocycles. The SMILES string of the molecule is CCCCC1N=C(N)CC1C.Cl. The fourth-order valence-electron chi connectivity index (χ4n) is 1.62. The second-order valence-corrected chi connectivity index (χ2v) is 3.51. The van der Waals surface area contributed by atoms with Crippen LogP contribution in [0, 0.1) is 5.92 Å². The van der Waals surface area contributed by atoms with Gasteiger partial charge in [-0.05, 0) is 12.3 Å². The van der Waals surface area contributed by atoms with E-state index in [-0.39, 0.29) is 12.4 Å². The van der Waals surface area contributed by atoms with Crippen molar-refractivity contribution in [1.82, 2.24) is 0 Å².